The van der Waals surface area contributed by atoms with Gasteiger partial charge in [-0.05, 0) is 48.2 Å². The highest BCUT2D eigenvalue weighted by Gasteiger charge is 2.44. The topological polar surface area (TPSA) is 74.2 Å². The SMILES string of the molecule is O=C(N1CCC(n2c(=O)[nH]c3cc(CF)ccc32)CC1)C1(F)CCN(Cc2ccncc2)CC1. The maximum atomic E-state index is 15.7. The average Bonchev–Trinajstić information content (AvgIpc) is 3.20. The smallest absolute Gasteiger partial charge is 0.326 e. The molecule has 1 N–H and O–H groups in total. The number of amides is 1. The Hall–Kier alpha value is -3.07. The van der Waals surface area contributed by atoms with E-state index in [2.05, 4.69) is 14.9 Å². The number of H-pyrrole nitrogens is 1. The number of carbonyl (C=O) groups excluding carboxylic acids is 1. The molecule has 0 unspecified atom stereocenters. The van der Waals surface area contributed by atoms with E-state index in [0.717, 1.165) is 17.6 Å². The number of aromatic nitrogens is 3. The second-order valence-corrected chi connectivity index (χ2v) is 9.41. The maximum absolute atomic E-state index is 15.7. The molecule has 0 bridgehead atoms. The number of rotatable bonds is 5. The third-order valence-corrected chi connectivity index (χ3v) is 7.24. The van der Waals surface area contributed by atoms with E-state index >= 15 is 4.39 Å². The molecule has 0 saturated carbocycles. The van der Waals surface area contributed by atoms with E-state index in [1.165, 1.54) is 0 Å². The highest BCUT2D eigenvalue weighted by Crippen LogP contribution is 2.32. The van der Waals surface area contributed by atoms with Gasteiger partial charge in [-0.15, -0.1) is 0 Å². The zero-order valence-corrected chi connectivity index (χ0v) is 19.1. The van der Waals surface area contributed by atoms with E-state index in [9.17, 15) is 14.0 Å². The second-order valence-electron chi connectivity index (χ2n) is 9.41. The molecule has 2 fully saturated rings. The number of hydrogen-bond donors (Lipinski definition) is 1. The summed E-state index contributed by atoms with van der Waals surface area (Å²) >= 11 is 0. The largest absolute Gasteiger partial charge is 0.340 e. The van der Waals surface area contributed by atoms with Crippen molar-refractivity contribution >= 4 is 16.9 Å². The summed E-state index contributed by atoms with van der Waals surface area (Å²) in [6.07, 6.45) is 5.03. The number of benzene rings is 1. The predicted octanol–water partition coefficient (Wildman–Crippen LogP) is 3.36. The summed E-state index contributed by atoms with van der Waals surface area (Å²) in [7, 11) is 0. The van der Waals surface area contributed by atoms with Crippen LogP contribution in [0.3, 0.4) is 0 Å². The molecular weight excluding hydrogens is 440 g/mol. The molecule has 2 aliphatic heterocycles. The number of piperidine rings is 2. The number of likely N-dealkylation sites (tertiary alicyclic amines) is 2. The molecule has 0 radical (unpaired) electrons. The van der Waals surface area contributed by atoms with Crippen LogP contribution in [0.5, 0.6) is 0 Å². The van der Waals surface area contributed by atoms with Crippen LogP contribution in [0.25, 0.3) is 11.0 Å². The molecule has 9 heteroatoms. The lowest BCUT2D eigenvalue weighted by Crippen LogP contribution is -2.54. The van der Waals surface area contributed by atoms with E-state index < -0.39 is 18.3 Å². The van der Waals surface area contributed by atoms with Crippen LogP contribution in [0.4, 0.5) is 8.78 Å². The van der Waals surface area contributed by atoms with Crippen molar-refractivity contribution in [1.29, 1.82) is 0 Å². The first-order valence-corrected chi connectivity index (χ1v) is 11.9. The molecule has 1 aromatic carbocycles. The van der Waals surface area contributed by atoms with Gasteiger partial charge in [-0.25, -0.2) is 13.6 Å². The Balaban J connectivity index is 1.20. The molecule has 1 amide bonds. The van der Waals surface area contributed by atoms with Crippen molar-refractivity contribution < 1.29 is 13.6 Å². The Morgan fingerprint density at radius 2 is 1.76 bits per heavy atom. The Labute approximate surface area is 196 Å². The van der Waals surface area contributed by atoms with Gasteiger partial charge in [0, 0.05) is 64.0 Å². The molecule has 5 rings (SSSR count). The molecule has 7 nitrogen and oxygen atoms in total. The summed E-state index contributed by atoms with van der Waals surface area (Å²) in [6.45, 7) is 2.04. The van der Waals surface area contributed by atoms with Gasteiger partial charge in [0.1, 0.15) is 6.67 Å². The number of nitrogens with zero attached hydrogens (tertiary/aromatic N) is 4. The molecule has 4 heterocycles. The van der Waals surface area contributed by atoms with Crippen molar-refractivity contribution in [3.63, 3.8) is 0 Å². The van der Waals surface area contributed by atoms with E-state index in [1.807, 2.05) is 12.1 Å². The van der Waals surface area contributed by atoms with Crippen LogP contribution in [0.2, 0.25) is 0 Å². The van der Waals surface area contributed by atoms with Gasteiger partial charge in [0.25, 0.3) is 5.91 Å². The number of nitrogens with one attached hydrogen (secondary N) is 1. The number of fused-ring (bicyclic) bond motifs is 1. The molecule has 0 aliphatic carbocycles. The lowest BCUT2D eigenvalue weighted by atomic mass is 9.90. The summed E-state index contributed by atoms with van der Waals surface area (Å²) in [6, 6.07) is 8.91. The second kappa shape index (κ2) is 9.29. The summed E-state index contributed by atoms with van der Waals surface area (Å²) in [5.41, 5.74) is 0.918. The van der Waals surface area contributed by atoms with Crippen molar-refractivity contribution in [2.24, 2.45) is 0 Å². The van der Waals surface area contributed by atoms with Crippen LogP contribution in [-0.2, 0) is 18.0 Å². The molecule has 0 spiro atoms. The number of hydrogen-bond acceptors (Lipinski definition) is 4. The standard InChI is InChI=1S/C25H29F2N5O2/c26-16-19-1-2-22-21(15-19)29-24(34)32(22)20-5-11-31(12-6-20)23(33)25(27)7-13-30(14-8-25)17-18-3-9-28-10-4-18/h1-4,9-10,15,20H,5-8,11-14,16-17H2,(H,29,34). The van der Waals surface area contributed by atoms with Gasteiger partial charge in [-0.3, -0.25) is 19.2 Å². The summed E-state index contributed by atoms with van der Waals surface area (Å²) in [5.74, 6) is -0.423. The van der Waals surface area contributed by atoms with E-state index in [0.29, 0.717) is 50.1 Å². The van der Waals surface area contributed by atoms with Crippen LogP contribution in [0, 0.1) is 0 Å². The normalized spacial score (nSPS) is 19.5. The minimum atomic E-state index is -1.83. The first-order chi connectivity index (χ1) is 16.5. The summed E-state index contributed by atoms with van der Waals surface area (Å²) < 4.78 is 30.3. The van der Waals surface area contributed by atoms with Crippen LogP contribution in [0.15, 0.2) is 47.5 Å². The van der Waals surface area contributed by atoms with Gasteiger partial charge in [0.05, 0.1) is 11.0 Å². The number of imidazole rings is 1. The van der Waals surface area contributed by atoms with E-state index in [-0.39, 0.29) is 24.6 Å². The van der Waals surface area contributed by atoms with Gasteiger partial charge >= 0.3 is 5.69 Å². The molecule has 2 saturated heterocycles. The van der Waals surface area contributed by atoms with Crippen molar-refractivity contribution in [2.45, 2.75) is 50.6 Å². The molecule has 34 heavy (non-hydrogen) atoms. The Kier molecular flexibility index (Phi) is 6.20. The Morgan fingerprint density at radius 3 is 2.44 bits per heavy atom. The quantitative estimate of drug-likeness (QED) is 0.622. The minimum absolute atomic E-state index is 0.0840. The number of alkyl halides is 2. The molecular formula is C25H29F2N5O2. The third-order valence-electron chi connectivity index (χ3n) is 7.24. The molecule has 3 aromatic rings. The Bertz CT molecular complexity index is 1210. The fraction of sp³-hybridized carbons (Fsp3) is 0.480. The van der Waals surface area contributed by atoms with Crippen molar-refractivity contribution in [3.8, 4) is 0 Å². The number of aromatic amines is 1. The Morgan fingerprint density at radius 1 is 1.06 bits per heavy atom. The van der Waals surface area contributed by atoms with E-state index in [1.54, 1.807) is 40.1 Å². The summed E-state index contributed by atoms with van der Waals surface area (Å²) in [5, 5.41) is 0. The first-order valence-electron chi connectivity index (χ1n) is 11.9. The zero-order chi connectivity index (χ0) is 23.7. The van der Waals surface area contributed by atoms with Crippen molar-refractivity contribution in [3.05, 3.63) is 64.3 Å². The van der Waals surface area contributed by atoms with E-state index in [4.69, 9.17) is 0 Å². The predicted molar refractivity (Wildman–Crippen MR) is 125 cm³/mol. The molecule has 2 aromatic heterocycles. The lowest BCUT2D eigenvalue weighted by Gasteiger charge is -2.40. The van der Waals surface area contributed by atoms with Gasteiger partial charge in [0.15, 0.2) is 5.67 Å². The number of carbonyl (C=O) groups is 1. The minimum Gasteiger partial charge on any atom is -0.340 e. The van der Waals surface area contributed by atoms with Gasteiger partial charge in [-0.2, -0.15) is 0 Å². The zero-order valence-electron chi connectivity index (χ0n) is 19.1. The molecule has 0 atom stereocenters. The fourth-order valence-electron chi connectivity index (χ4n) is 5.26. The fourth-order valence-corrected chi connectivity index (χ4v) is 5.26. The monoisotopic (exact) mass is 469 g/mol. The maximum Gasteiger partial charge on any atom is 0.326 e. The van der Waals surface area contributed by atoms with Crippen LogP contribution >= 0.6 is 0 Å². The van der Waals surface area contributed by atoms with Crippen molar-refractivity contribution in [1.82, 2.24) is 24.3 Å². The summed E-state index contributed by atoms with van der Waals surface area (Å²) in [4.78, 5) is 36.3. The van der Waals surface area contributed by atoms with Crippen molar-refractivity contribution in [2.75, 3.05) is 26.2 Å². The van der Waals surface area contributed by atoms with Crippen LogP contribution in [0.1, 0.15) is 42.9 Å². The average molecular weight is 470 g/mol. The molecule has 180 valence electrons. The van der Waals surface area contributed by atoms with Gasteiger partial charge < -0.3 is 9.88 Å². The highest BCUT2D eigenvalue weighted by molar-refractivity contribution is 5.85. The highest BCUT2D eigenvalue weighted by atomic mass is 19.1. The first kappa shape index (κ1) is 22.7. The lowest BCUT2D eigenvalue weighted by molar-refractivity contribution is -0.148. The van der Waals surface area contributed by atoms with Gasteiger partial charge in [-0.1, -0.05) is 6.07 Å². The van der Waals surface area contributed by atoms with Crippen LogP contribution in [-0.4, -0.2) is 62.1 Å². The number of pyridine rings is 1. The van der Waals surface area contributed by atoms with Gasteiger partial charge in [0.2, 0.25) is 0 Å². The number of halogens is 2. The van der Waals surface area contributed by atoms with Crippen LogP contribution < -0.4 is 5.69 Å². The molecule has 2 aliphatic rings. The third kappa shape index (κ3) is 4.36.